The van der Waals surface area contributed by atoms with Crippen molar-refractivity contribution in [3.63, 3.8) is 0 Å². The lowest BCUT2D eigenvalue weighted by atomic mass is 10.1. The van der Waals surface area contributed by atoms with Crippen LogP contribution in [0.2, 0.25) is 0 Å². The molecule has 2 aromatic rings. The molecule has 0 spiro atoms. The van der Waals surface area contributed by atoms with Gasteiger partial charge in [0.2, 0.25) is 0 Å². The number of thiol groups is 1. The quantitative estimate of drug-likeness (QED) is 0.798. The van der Waals surface area contributed by atoms with Crippen LogP contribution in [-0.2, 0) is 5.75 Å². The number of halogens is 2. The van der Waals surface area contributed by atoms with E-state index in [4.69, 9.17) is 4.52 Å². The van der Waals surface area contributed by atoms with E-state index in [0.717, 1.165) is 0 Å². The summed E-state index contributed by atoms with van der Waals surface area (Å²) < 4.78 is 31.4. The van der Waals surface area contributed by atoms with Crippen molar-refractivity contribution in [2.24, 2.45) is 0 Å². The summed E-state index contributed by atoms with van der Waals surface area (Å²) in [6.07, 6.45) is 0. The highest BCUT2D eigenvalue weighted by Gasteiger charge is 2.15. The summed E-state index contributed by atoms with van der Waals surface area (Å²) >= 11 is 3.98. The molecule has 2 nitrogen and oxygen atoms in total. The Morgan fingerprint density at radius 1 is 1.27 bits per heavy atom. The van der Waals surface area contributed by atoms with Gasteiger partial charge in [0.1, 0.15) is 11.6 Å². The Balaban J connectivity index is 2.53. The van der Waals surface area contributed by atoms with Crippen LogP contribution >= 0.6 is 12.6 Å². The fraction of sp³-hybridized carbons (Fsp3) is 0.100. The molecule has 2 rings (SSSR count). The first-order valence-corrected chi connectivity index (χ1v) is 4.86. The number of rotatable bonds is 2. The third-order valence-electron chi connectivity index (χ3n) is 1.93. The maximum atomic E-state index is 13.3. The van der Waals surface area contributed by atoms with Gasteiger partial charge in [-0.3, -0.25) is 0 Å². The van der Waals surface area contributed by atoms with E-state index in [9.17, 15) is 8.78 Å². The van der Waals surface area contributed by atoms with Gasteiger partial charge in [0.15, 0.2) is 5.76 Å². The molecular formula is C10H7F2NOS. The Morgan fingerprint density at radius 3 is 2.47 bits per heavy atom. The average Bonchev–Trinajstić information content (AvgIpc) is 2.66. The molecule has 0 aliphatic rings. The van der Waals surface area contributed by atoms with Crippen molar-refractivity contribution in [2.45, 2.75) is 5.75 Å². The Morgan fingerprint density at radius 2 is 1.93 bits per heavy atom. The van der Waals surface area contributed by atoms with Crippen LogP contribution in [-0.4, -0.2) is 5.16 Å². The molecule has 78 valence electrons. The second-order valence-electron chi connectivity index (χ2n) is 2.94. The van der Waals surface area contributed by atoms with Crippen LogP contribution in [0.25, 0.3) is 11.3 Å². The van der Waals surface area contributed by atoms with Gasteiger partial charge in [0.25, 0.3) is 0 Å². The van der Waals surface area contributed by atoms with Crippen LogP contribution < -0.4 is 0 Å². The molecule has 0 fully saturated rings. The summed E-state index contributed by atoms with van der Waals surface area (Å²) in [6.45, 7) is 0. The number of nitrogens with zero attached hydrogens (tertiary/aromatic N) is 1. The first-order chi connectivity index (χ1) is 7.22. The summed E-state index contributed by atoms with van der Waals surface area (Å²) in [6, 6.07) is 5.10. The molecule has 1 aromatic heterocycles. The second kappa shape index (κ2) is 4.02. The summed E-state index contributed by atoms with van der Waals surface area (Å²) in [5.41, 5.74) is 0.342. The molecule has 0 aliphatic heterocycles. The highest BCUT2D eigenvalue weighted by atomic mass is 32.1. The van der Waals surface area contributed by atoms with E-state index in [1.807, 2.05) is 0 Å². The Bertz CT molecular complexity index is 464. The lowest BCUT2D eigenvalue weighted by Gasteiger charge is -1.98. The fourth-order valence-electron chi connectivity index (χ4n) is 1.24. The van der Waals surface area contributed by atoms with Gasteiger partial charge in [-0.1, -0.05) is 11.2 Å². The lowest BCUT2D eigenvalue weighted by molar-refractivity contribution is 0.421. The molecule has 0 unspecified atom stereocenters. The average molecular weight is 227 g/mol. The van der Waals surface area contributed by atoms with E-state index in [1.54, 1.807) is 0 Å². The molecular weight excluding hydrogens is 220 g/mol. The highest BCUT2D eigenvalue weighted by Crippen LogP contribution is 2.26. The zero-order valence-electron chi connectivity index (χ0n) is 7.58. The molecule has 0 aliphatic carbocycles. The third kappa shape index (κ3) is 1.87. The molecule has 0 saturated carbocycles. The largest absolute Gasteiger partial charge is 0.356 e. The number of hydrogen-bond donors (Lipinski definition) is 1. The Hall–Kier alpha value is -1.36. The molecule has 0 radical (unpaired) electrons. The van der Waals surface area contributed by atoms with Gasteiger partial charge in [-0.25, -0.2) is 8.78 Å². The van der Waals surface area contributed by atoms with Crippen LogP contribution in [0.5, 0.6) is 0 Å². The predicted octanol–water partition coefficient (Wildman–Crippen LogP) is 3.05. The van der Waals surface area contributed by atoms with E-state index in [1.165, 1.54) is 24.3 Å². The van der Waals surface area contributed by atoms with Gasteiger partial charge in [-0.05, 0) is 12.1 Å². The van der Waals surface area contributed by atoms with Crippen molar-refractivity contribution in [3.05, 3.63) is 41.6 Å². The molecule has 0 amide bonds. The molecule has 0 atom stereocenters. The topological polar surface area (TPSA) is 26.0 Å². The summed E-state index contributed by atoms with van der Waals surface area (Å²) in [5.74, 6) is -0.900. The predicted molar refractivity (Wildman–Crippen MR) is 54.5 cm³/mol. The molecule has 0 bridgehead atoms. The van der Waals surface area contributed by atoms with E-state index in [2.05, 4.69) is 17.8 Å². The molecule has 1 heterocycles. The van der Waals surface area contributed by atoms with Crippen molar-refractivity contribution in [3.8, 4) is 11.3 Å². The zero-order valence-corrected chi connectivity index (χ0v) is 8.47. The van der Waals surface area contributed by atoms with E-state index in [0.29, 0.717) is 11.4 Å². The van der Waals surface area contributed by atoms with Crippen molar-refractivity contribution < 1.29 is 13.3 Å². The summed E-state index contributed by atoms with van der Waals surface area (Å²) in [7, 11) is 0. The highest BCUT2D eigenvalue weighted by molar-refractivity contribution is 7.79. The lowest BCUT2D eigenvalue weighted by Crippen LogP contribution is -1.87. The van der Waals surface area contributed by atoms with Crippen molar-refractivity contribution >= 4 is 12.6 Å². The smallest absolute Gasteiger partial charge is 0.173 e. The maximum Gasteiger partial charge on any atom is 0.173 e. The SMILES string of the molecule is Fc1cccc(F)c1-c1cc(CS)no1. The van der Waals surface area contributed by atoms with Gasteiger partial charge in [0.05, 0.1) is 11.3 Å². The minimum Gasteiger partial charge on any atom is -0.356 e. The van der Waals surface area contributed by atoms with Crippen LogP contribution in [0.15, 0.2) is 28.8 Å². The zero-order chi connectivity index (χ0) is 10.8. The van der Waals surface area contributed by atoms with Crippen LogP contribution in [0, 0.1) is 11.6 Å². The van der Waals surface area contributed by atoms with Gasteiger partial charge in [-0.2, -0.15) is 12.6 Å². The van der Waals surface area contributed by atoms with Crippen LogP contribution in [0.4, 0.5) is 8.78 Å². The van der Waals surface area contributed by atoms with Gasteiger partial charge >= 0.3 is 0 Å². The molecule has 0 N–H and O–H groups in total. The number of aromatic nitrogens is 1. The van der Waals surface area contributed by atoms with Crippen LogP contribution in [0.3, 0.4) is 0 Å². The maximum absolute atomic E-state index is 13.3. The van der Waals surface area contributed by atoms with Gasteiger partial charge in [0, 0.05) is 11.8 Å². The molecule has 1 aromatic carbocycles. The first-order valence-electron chi connectivity index (χ1n) is 4.23. The number of hydrogen-bond acceptors (Lipinski definition) is 3. The fourth-order valence-corrected chi connectivity index (χ4v) is 1.39. The summed E-state index contributed by atoms with van der Waals surface area (Å²) in [4.78, 5) is 0. The monoisotopic (exact) mass is 227 g/mol. The normalized spacial score (nSPS) is 10.6. The molecule has 5 heteroatoms. The standard InChI is InChI=1S/C10H7F2NOS/c11-7-2-1-3-8(12)10(7)9-4-6(5-15)13-14-9/h1-4,15H,5H2. The van der Waals surface area contributed by atoms with Crippen LogP contribution in [0.1, 0.15) is 5.69 Å². The number of benzene rings is 1. The molecule has 15 heavy (non-hydrogen) atoms. The minimum atomic E-state index is -0.670. The van der Waals surface area contributed by atoms with Crippen molar-refractivity contribution in [1.82, 2.24) is 5.16 Å². The van der Waals surface area contributed by atoms with Crippen molar-refractivity contribution in [1.29, 1.82) is 0 Å². The van der Waals surface area contributed by atoms with E-state index >= 15 is 0 Å². The second-order valence-corrected chi connectivity index (χ2v) is 3.25. The Labute approximate surface area is 90.3 Å². The first kappa shape index (κ1) is 10.2. The van der Waals surface area contributed by atoms with Gasteiger partial charge in [-0.15, -0.1) is 0 Å². The minimum absolute atomic E-state index is 0.0784. The Kier molecular flexibility index (Phi) is 2.73. The third-order valence-corrected chi connectivity index (χ3v) is 2.25. The van der Waals surface area contributed by atoms with E-state index in [-0.39, 0.29) is 11.3 Å². The van der Waals surface area contributed by atoms with Gasteiger partial charge < -0.3 is 4.52 Å². The van der Waals surface area contributed by atoms with E-state index < -0.39 is 11.6 Å². The summed E-state index contributed by atoms with van der Waals surface area (Å²) in [5, 5.41) is 3.61. The van der Waals surface area contributed by atoms with Crippen molar-refractivity contribution in [2.75, 3.05) is 0 Å². The molecule has 0 saturated heterocycles.